The van der Waals surface area contributed by atoms with Crippen molar-refractivity contribution in [2.45, 2.75) is 25.6 Å². The molecular weight excluding hydrogens is 230 g/mol. The first-order valence-corrected chi connectivity index (χ1v) is 6.69. The molecule has 0 fully saturated rings. The predicted molar refractivity (Wildman–Crippen MR) is 72.0 cm³/mol. The molecule has 17 heavy (non-hydrogen) atoms. The van der Waals surface area contributed by atoms with E-state index in [1.165, 1.54) is 5.56 Å². The predicted octanol–water partition coefficient (Wildman–Crippen LogP) is 2.96. The molecule has 2 atom stereocenters. The van der Waals surface area contributed by atoms with Crippen molar-refractivity contribution in [3.63, 3.8) is 0 Å². The van der Waals surface area contributed by atoms with Crippen molar-refractivity contribution in [3.8, 4) is 0 Å². The molecule has 0 spiro atoms. The molecular formula is C14H17NOS. The fourth-order valence-corrected chi connectivity index (χ4v) is 2.39. The second-order valence-electron chi connectivity index (χ2n) is 4.16. The second-order valence-corrected chi connectivity index (χ2v) is 4.94. The molecule has 2 nitrogen and oxygen atoms in total. The number of hydrogen-bond acceptors (Lipinski definition) is 3. The Balaban J connectivity index is 1.89. The molecule has 90 valence electrons. The molecule has 1 aromatic heterocycles. The van der Waals surface area contributed by atoms with Crippen molar-refractivity contribution >= 4 is 11.3 Å². The molecule has 0 amide bonds. The standard InChI is InChI=1S/C14H17NOS/c1-11(15-9-12-7-8-17-10-12)14(16)13-5-3-2-4-6-13/h2-8,10-11,14-16H,9H2,1H3/t11-,14+/m1/s1. The molecule has 0 radical (unpaired) electrons. The third-order valence-corrected chi connectivity index (χ3v) is 3.56. The molecule has 2 aromatic rings. The Bertz CT molecular complexity index is 427. The maximum atomic E-state index is 10.2. The van der Waals surface area contributed by atoms with Crippen LogP contribution in [0.25, 0.3) is 0 Å². The molecule has 1 aromatic carbocycles. The average molecular weight is 247 g/mol. The highest BCUT2D eigenvalue weighted by Crippen LogP contribution is 2.16. The van der Waals surface area contributed by atoms with E-state index in [2.05, 4.69) is 22.1 Å². The zero-order valence-corrected chi connectivity index (χ0v) is 10.7. The van der Waals surface area contributed by atoms with Crippen LogP contribution >= 0.6 is 11.3 Å². The molecule has 0 aliphatic heterocycles. The third kappa shape index (κ3) is 3.40. The minimum absolute atomic E-state index is 0.0392. The van der Waals surface area contributed by atoms with E-state index in [-0.39, 0.29) is 6.04 Å². The Morgan fingerprint density at radius 1 is 1.24 bits per heavy atom. The van der Waals surface area contributed by atoms with Gasteiger partial charge in [0.05, 0.1) is 6.10 Å². The summed E-state index contributed by atoms with van der Waals surface area (Å²) >= 11 is 1.69. The lowest BCUT2D eigenvalue weighted by atomic mass is 10.0. The fraction of sp³-hybridized carbons (Fsp3) is 0.286. The summed E-state index contributed by atoms with van der Waals surface area (Å²) in [6.45, 7) is 2.80. The SMILES string of the molecule is C[C@@H](NCc1ccsc1)[C@H](O)c1ccccc1. The molecule has 0 saturated heterocycles. The van der Waals surface area contributed by atoms with Crippen molar-refractivity contribution in [2.24, 2.45) is 0 Å². The zero-order chi connectivity index (χ0) is 12.1. The fourth-order valence-electron chi connectivity index (χ4n) is 1.72. The third-order valence-electron chi connectivity index (χ3n) is 2.82. The highest BCUT2D eigenvalue weighted by Gasteiger charge is 2.15. The number of thiophene rings is 1. The Labute approximate surface area is 106 Å². The topological polar surface area (TPSA) is 32.3 Å². The Morgan fingerprint density at radius 2 is 2.00 bits per heavy atom. The molecule has 0 bridgehead atoms. The Morgan fingerprint density at radius 3 is 2.65 bits per heavy atom. The summed E-state index contributed by atoms with van der Waals surface area (Å²) < 4.78 is 0. The summed E-state index contributed by atoms with van der Waals surface area (Å²) in [5, 5.41) is 17.7. The summed E-state index contributed by atoms with van der Waals surface area (Å²) in [5.41, 5.74) is 2.22. The van der Waals surface area contributed by atoms with E-state index in [4.69, 9.17) is 0 Å². The van der Waals surface area contributed by atoms with E-state index in [9.17, 15) is 5.11 Å². The van der Waals surface area contributed by atoms with Gasteiger partial charge in [-0.2, -0.15) is 11.3 Å². The summed E-state index contributed by atoms with van der Waals surface area (Å²) in [7, 11) is 0. The van der Waals surface area contributed by atoms with E-state index in [0.717, 1.165) is 12.1 Å². The first-order chi connectivity index (χ1) is 8.27. The molecule has 0 saturated carbocycles. The Kier molecular flexibility index (Phi) is 4.31. The van der Waals surface area contributed by atoms with Gasteiger partial charge >= 0.3 is 0 Å². The van der Waals surface area contributed by atoms with Crippen molar-refractivity contribution < 1.29 is 5.11 Å². The number of hydrogen-bond donors (Lipinski definition) is 2. The smallest absolute Gasteiger partial charge is 0.0940 e. The van der Waals surface area contributed by atoms with Gasteiger partial charge in [-0.25, -0.2) is 0 Å². The van der Waals surface area contributed by atoms with Crippen molar-refractivity contribution in [2.75, 3.05) is 0 Å². The highest BCUT2D eigenvalue weighted by molar-refractivity contribution is 7.07. The Hall–Kier alpha value is -1.16. The molecule has 0 aliphatic carbocycles. The summed E-state index contributed by atoms with van der Waals surface area (Å²) in [5.74, 6) is 0. The van der Waals surface area contributed by atoms with Crippen LogP contribution in [-0.2, 0) is 6.54 Å². The lowest BCUT2D eigenvalue weighted by Crippen LogP contribution is -2.31. The van der Waals surface area contributed by atoms with Gasteiger partial charge < -0.3 is 10.4 Å². The maximum Gasteiger partial charge on any atom is 0.0940 e. The van der Waals surface area contributed by atoms with Gasteiger partial charge in [-0.1, -0.05) is 30.3 Å². The number of aliphatic hydroxyl groups is 1. The largest absolute Gasteiger partial charge is 0.387 e. The summed E-state index contributed by atoms with van der Waals surface area (Å²) in [4.78, 5) is 0. The molecule has 0 aliphatic rings. The number of rotatable bonds is 5. The van der Waals surface area contributed by atoms with Crippen molar-refractivity contribution in [1.82, 2.24) is 5.32 Å². The van der Waals surface area contributed by atoms with E-state index in [1.807, 2.05) is 37.3 Å². The van der Waals surface area contributed by atoms with Gasteiger partial charge in [-0.15, -0.1) is 0 Å². The van der Waals surface area contributed by atoms with E-state index in [0.29, 0.717) is 0 Å². The highest BCUT2D eigenvalue weighted by atomic mass is 32.1. The van der Waals surface area contributed by atoms with Crippen LogP contribution in [0.15, 0.2) is 47.2 Å². The van der Waals surface area contributed by atoms with Crippen LogP contribution in [-0.4, -0.2) is 11.1 Å². The molecule has 1 heterocycles. The van der Waals surface area contributed by atoms with E-state index in [1.54, 1.807) is 11.3 Å². The van der Waals surface area contributed by atoms with Gasteiger partial charge in [0.25, 0.3) is 0 Å². The van der Waals surface area contributed by atoms with Crippen LogP contribution in [0.2, 0.25) is 0 Å². The van der Waals surface area contributed by atoms with Crippen molar-refractivity contribution in [1.29, 1.82) is 0 Å². The quantitative estimate of drug-likeness (QED) is 0.851. The minimum Gasteiger partial charge on any atom is -0.387 e. The maximum absolute atomic E-state index is 10.2. The van der Waals surface area contributed by atoms with E-state index < -0.39 is 6.10 Å². The number of nitrogens with one attached hydrogen (secondary N) is 1. The number of aliphatic hydroxyl groups excluding tert-OH is 1. The van der Waals surface area contributed by atoms with Crippen molar-refractivity contribution in [3.05, 3.63) is 58.3 Å². The molecule has 3 heteroatoms. The monoisotopic (exact) mass is 247 g/mol. The lowest BCUT2D eigenvalue weighted by Gasteiger charge is -2.20. The summed E-state index contributed by atoms with van der Waals surface area (Å²) in [6, 6.07) is 11.9. The van der Waals surface area contributed by atoms with E-state index >= 15 is 0 Å². The van der Waals surface area contributed by atoms with Crippen LogP contribution in [0.3, 0.4) is 0 Å². The van der Waals surface area contributed by atoms with Gasteiger partial charge in [0.1, 0.15) is 0 Å². The first-order valence-electron chi connectivity index (χ1n) is 5.75. The minimum atomic E-state index is -0.463. The average Bonchev–Trinajstić information content (AvgIpc) is 2.89. The van der Waals surface area contributed by atoms with Crippen LogP contribution in [0.1, 0.15) is 24.2 Å². The zero-order valence-electron chi connectivity index (χ0n) is 9.84. The van der Waals surface area contributed by atoms with Crippen LogP contribution in [0.5, 0.6) is 0 Å². The van der Waals surface area contributed by atoms with Crippen LogP contribution < -0.4 is 5.32 Å². The molecule has 2 N–H and O–H groups in total. The number of benzene rings is 1. The lowest BCUT2D eigenvalue weighted by molar-refractivity contribution is 0.135. The van der Waals surface area contributed by atoms with Gasteiger partial charge in [0.2, 0.25) is 0 Å². The summed E-state index contributed by atoms with van der Waals surface area (Å²) in [6.07, 6.45) is -0.463. The van der Waals surface area contributed by atoms with Gasteiger partial charge in [-0.3, -0.25) is 0 Å². The second kappa shape index (κ2) is 5.96. The first kappa shape index (κ1) is 12.3. The van der Waals surface area contributed by atoms with Crippen LogP contribution in [0, 0.1) is 0 Å². The van der Waals surface area contributed by atoms with Gasteiger partial charge in [0, 0.05) is 12.6 Å². The molecule has 2 rings (SSSR count). The van der Waals surface area contributed by atoms with Gasteiger partial charge in [0.15, 0.2) is 0 Å². The van der Waals surface area contributed by atoms with Gasteiger partial charge in [-0.05, 0) is 34.9 Å². The normalized spacial score (nSPS) is 14.5. The van der Waals surface area contributed by atoms with Crippen LogP contribution in [0.4, 0.5) is 0 Å². The molecule has 0 unspecified atom stereocenters.